The van der Waals surface area contributed by atoms with Gasteiger partial charge in [0.25, 0.3) is 0 Å². The van der Waals surface area contributed by atoms with Crippen molar-refractivity contribution in [1.29, 1.82) is 0 Å². The fraction of sp³-hybridized carbons (Fsp3) is 0.636. The summed E-state index contributed by atoms with van der Waals surface area (Å²) in [6.45, 7) is 17.8. The van der Waals surface area contributed by atoms with Crippen LogP contribution in [0.25, 0.3) is 0 Å². The molecule has 0 aliphatic heterocycles. The zero-order valence-corrected chi connectivity index (χ0v) is 18.8. The van der Waals surface area contributed by atoms with E-state index < -0.39 is 13.9 Å². The van der Waals surface area contributed by atoms with E-state index in [0.717, 1.165) is 19.3 Å². The van der Waals surface area contributed by atoms with E-state index in [0.29, 0.717) is 0 Å². The Hall–Kier alpha value is -0.943. The quantitative estimate of drug-likeness (QED) is 0.270. The summed E-state index contributed by atoms with van der Waals surface area (Å²) < 4.78 is 17.9. The molecular formula is C22H38O3Si. The molecular weight excluding hydrogens is 340 g/mol. The maximum atomic E-state index is 6.88. The van der Waals surface area contributed by atoms with E-state index in [9.17, 15) is 0 Å². The Morgan fingerprint density at radius 1 is 1.15 bits per heavy atom. The molecule has 0 fully saturated rings. The molecule has 1 rings (SSSR count). The van der Waals surface area contributed by atoms with E-state index in [-0.39, 0.29) is 17.9 Å². The van der Waals surface area contributed by atoms with Crippen molar-refractivity contribution in [2.45, 2.75) is 76.8 Å². The van der Waals surface area contributed by atoms with Gasteiger partial charge in [-0.25, -0.2) is 0 Å². The molecule has 1 aromatic rings. The number of methoxy groups -OCH3 is 1. The molecule has 1 aromatic carbocycles. The molecule has 0 radical (unpaired) electrons. The number of hydrogen-bond acceptors (Lipinski definition) is 3. The second-order valence-electron chi connectivity index (χ2n) is 8.58. The summed E-state index contributed by atoms with van der Waals surface area (Å²) >= 11 is 0. The minimum Gasteiger partial charge on any atom is -0.405 e. The van der Waals surface area contributed by atoms with E-state index in [1.54, 1.807) is 7.11 Å². The minimum absolute atomic E-state index is 0.121. The molecule has 0 aromatic heterocycles. The number of benzene rings is 1. The van der Waals surface area contributed by atoms with Crippen molar-refractivity contribution in [2.24, 2.45) is 0 Å². The van der Waals surface area contributed by atoms with Crippen molar-refractivity contribution < 1.29 is 13.9 Å². The van der Waals surface area contributed by atoms with Gasteiger partial charge in [0.2, 0.25) is 0 Å². The largest absolute Gasteiger partial charge is 0.405 e. The molecule has 0 spiro atoms. The fourth-order valence-electron chi connectivity index (χ4n) is 2.80. The number of ether oxygens (including phenoxy) is 2. The van der Waals surface area contributed by atoms with E-state index >= 15 is 0 Å². The van der Waals surface area contributed by atoms with E-state index in [4.69, 9.17) is 13.9 Å². The van der Waals surface area contributed by atoms with Gasteiger partial charge < -0.3 is 13.9 Å². The Morgan fingerprint density at radius 2 is 1.77 bits per heavy atom. The van der Waals surface area contributed by atoms with Crippen molar-refractivity contribution in [2.75, 3.05) is 13.9 Å². The summed E-state index contributed by atoms with van der Waals surface area (Å²) in [5.41, 5.74) is 0.847. The zero-order chi connectivity index (χ0) is 19.8. The lowest BCUT2D eigenvalue weighted by molar-refractivity contribution is -0.127. The standard InChI is InChI=1S/C22H38O3Si/c1-9-22(19(2)24-18-23-6,25-26(7,8)21(3,4)5)17-13-16-20-14-11-10-12-15-20/h9-12,14-15,19H,1,13,16-18H2,2-8H3/t19-,22+/m0/s1. The average Bonchev–Trinajstić information content (AvgIpc) is 2.58. The van der Waals surface area contributed by atoms with E-state index in [1.165, 1.54) is 5.56 Å². The SMILES string of the molecule is C=C[C@](CCCc1ccccc1)(O[Si](C)(C)C(C)(C)C)[C@H](C)OCOC. The van der Waals surface area contributed by atoms with Gasteiger partial charge in [0.05, 0.1) is 6.10 Å². The molecule has 4 heteroatoms. The number of hydrogen-bond donors (Lipinski definition) is 0. The summed E-state index contributed by atoms with van der Waals surface area (Å²) in [5, 5.41) is 0.127. The molecule has 3 nitrogen and oxygen atoms in total. The molecule has 0 aliphatic rings. The highest BCUT2D eigenvalue weighted by Gasteiger charge is 2.46. The normalized spacial score (nSPS) is 16.1. The zero-order valence-electron chi connectivity index (χ0n) is 17.8. The van der Waals surface area contributed by atoms with Crippen molar-refractivity contribution in [3.05, 3.63) is 48.6 Å². The lowest BCUT2D eigenvalue weighted by Crippen LogP contribution is -2.54. The first-order chi connectivity index (χ1) is 12.1. The van der Waals surface area contributed by atoms with Gasteiger partial charge >= 0.3 is 0 Å². The molecule has 0 aliphatic carbocycles. The van der Waals surface area contributed by atoms with Gasteiger partial charge in [0.15, 0.2) is 8.32 Å². The van der Waals surface area contributed by atoms with Crippen LogP contribution in [0.5, 0.6) is 0 Å². The molecule has 26 heavy (non-hydrogen) atoms. The maximum Gasteiger partial charge on any atom is 0.193 e. The predicted octanol–water partition coefficient (Wildman–Crippen LogP) is 5.96. The van der Waals surface area contributed by atoms with E-state index in [2.05, 4.69) is 77.7 Å². The van der Waals surface area contributed by atoms with Gasteiger partial charge in [-0.05, 0) is 49.9 Å². The summed E-state index contributed by atoms with van der Waals surface area (Å²) in [6, 6.07) is 10.6. The Labute approximate surface area is 161 Å². The van der Waals surface area contributed by atoms with Crippen LogP contribution in [0.1, 0.15) is 46.1 Å². The fourth-order valence-corrected chi connectivity index (χ4v) is 4.41. The summed E-state index contributed by atoms with van der Waals surface area (Å²) in [5.74, 6) is 0. The first-order valence-electron chi connectivity index (χ1n) is 9.56. The second-order valence-corrected chi connectivity index (χ2v) is 13.3. The van der Waals surface area contributed by atoms with Crippen LogP contribution in [-0.2, 0) is 20.3 Å². The molecule has 0 saturated carbocycles. The number of rotatable bonds is 11. The third kappa shape index (κ3) is 6.34. The van der Waals surface area contributed by atoms with Gasteiger partial charge in [-0.2, -0.15) is 0 Å². The van der Waals surface area contributed by atoms with Gasteiger partial charge in [-0.1, -0.05) is 57.2 Å². The monoisotopic (exact) mass is 378 g/mol. The second kappa shape index (κ2) is 9.84. The minimum atomic E-state index is -1.98. The topological polar surface area (TPSA) is 27.7 Å². The van der Waals surface area contributed by atoms with Gasteiger partial charge in [0.1, 0.15) is 12.4 Å². The molecule has 0 heterocycles. The van der Waals surface area contributed by atoms with Crippen LogP contribution in [0.15, 0.2) is 43.0 Å². The smallest absolute Gasteiger partial charge is 0.193 e. The predicted molar refractivity (Wildman–Crippen MR) is 113 cm³/mol. The molecule has 2 atom stereocenters. The molecule has 0 unspecified atom stereocenters. The van der Waals surface area contributed by atoms with Crippen LogP contribution in [0.2, 0.25) is 18.1 Å². The maximum absolute atomic E-state index is 6.88. The van der Waals surface area contributed by atoms with Crippen molar-refractivity contribution in [3.63, 3.8) is 0 Å². The Bertz CT molecular complexity index is 536. The molecule has 0 bridgehead atoms. The summed E-state index contributed by atoms with van der Waals surface area (Å²) in [4.78, 5) is 0. The average molecular weight is 379 g/mol. The first-order valence-corrected chi connectivity index (χ1v) is 12.5. The highest BCUT2D eigenvalue weighted by molar-refractivity contribution is 6.74. The number of aryl methyl sites for hydroxylation is 1. The van der Waals surface area contributed by atoms with Crippen LogP contribution in [-0.4, -0.2) is 33.9 Å². The van der Waals surface area contributed by atoms with E-state index in [1.807, 2.05) is 6.08 Å². The first kappa shape index (κ1) is 23.1. The third-order valence-corrected chi connectivity index (χ3v) is 10.1. The third-order valence-electron chi connectivity index (χ3n) is 5.60. The van der Waals surface area contributed by atoms with Gasteiger partial charge in [-0.15, -0.1) is 6.58 Å². The Kier molecular flexibility index (Phi) is 8.74. The van der Waals surface area contributed by atoms with Crippen LogP contribution in [0.3, 0.4) is 0 Å². The van der Waals surface area contributed by atoms with Crippen molar-refractivity contribution in [3.8, 4) is 0 Å². The highest BCUT2D eigenvalue weighted by atomic mass is 28.4. The summed E-state index contributed by atoms with van der Waals surface area (Å²) in [6.07, 6.45) is 4.76. The van der Waals surface area contributed by atoms with Crippen LogP contribution in [0, 0.1) is 0 Å². The molecule has 0 amide bonds. The lowest BCUT2D eigenvalue weighted by Gasteiger charge is -2.47. The molecule has 0 saturated heterocycles. The van der Waals surface area contributed by atoms with Crippen LogP contribution >= 0.6 is 0 Å². The van der Waals surface area contributed by atoms with Crippen molar-refractivity contribution in [1.82, 2.24) is 0 Å². The van der Waals surface area contributed by atoms with Gasteiger partial charge in [0, 0.05) is 7.11 Å². The van der Waals surface area contributed by atoms with Crippen LogP contribution < -0.4 is 0 Å². The molecule has 0 N–H and O–H groups in total. The molecule has 148 valence electrons. The summed E-state index contributed by atoms with van der Waals surface area (Å²) in [7, 11) is -0.339. The van der Waals surface area contributed by atoms with Gasteiger partial charge in [-0.3, -0.25) is 0 Å². The lowest BCUT2D eigenvalue weighted by atomic mass is 9.90. The van der Waals surface area contributed by atoms with Crippen molar-refractivity contribution >= 4 is 8.32 Å². The Morgan fingerprint density at radius 3 is 2.27 bits per heavy atom. The van der Waals surface area contributed by atoms with Crippen LogP contribution in [0.4, 0.5) is 0 Å². The Balaban J connectivity index is 2.96. The highest BCUT2D eigenvalue weighted by Crippen LogP contribution is 2.42.